The summed E-state index contributed by atoms with van der Waals surface area (Å²) in [7, 11) is -2.77. The Kier molecular flexibility index (Phi) is 4.50. The summed E-state index contributed by atoms with van der Waals surface area (Å²) >= 11 is 0. The summed E-state index contributed by atoms with van der Waals surface area (Å²) in [5.74, 6) is -0.903. The molecule has 0 aromatic heterocycles. The second-order valence-corrected chi connectivity index (χ2v) is 6.23. The van der Waals surface area contributed by atoms with E-state index in [9.17, 15) is 12.8 Å². The Morgan fingerprint density at radius 1 is 1.26 bits per heavy atom. The predicted molar refractivity (Wildman–Crippen MR) is 78.4 cm³/mol. The lowest BCUT2D eigenvalue weighted by atomic mass is 10.2. The Labute approximate surface area is 131 Å². The van der Waals surface area contributed by atoms with E-state index in [2.05, 4.69) is 10.0 Å². The van der Waals surface area contributed by atoms with Crippen LogP contribution < -0.4 is 4.74 Å². The van der Waals surface area contributed by atoms with Gasteiger partial charge in [0, 0.05) is 4.91 Å². The Morgan fingerprint density at radius 2 is 1.91 bits per heavy atom. The minimum atomic E-state index is -4.03. The summed E-state index contributed by atoms with van der Waals surface area (Å²) in [6.45, 7) is 0. The molecule has 0 heterocycles. The van der Waals surface area contributed by atoms with Gasteiger partial charge in [-0.15, -0.1) is 0 Å². The Hall–Kier alpha value is -3.08. The number of ether oxygens (including phenoxy) is 1. The van der Waals surface area contributed by atoms with Crippen LogP contribution in [0.1, 0.15) is 5.56 Å². The maximum absolute atomic E-state index is 13.7. The first-order chi connectivity index (χ1) is 10.9. The number of nitriles is 1. The summed E-state index contributed by atoms with van der Waals surface area (Å²) in [6.07, 6.45) is 0. The van der Waals surface area contributed by atoms with Gasteiger partial charge in [-0.25, -0.2) is 12.8 Å². The summed E-state index contributed by atoms with van der Waals surface area (Å²) in [6, 6.07) is 8.45. The Morgan fingerprint density at radius 3 is 2.48 bits per heavy atom. The molecule has 0 bridgehead atoms. The van der Waals surface area contributed by atoms with E-state index < -0.39 is 15.7 Å². The molecule has 2 aromatic rings. The number of benzene rings is 2. The molecule has 116 valence electrons. The van der Waals surface area contributed by atoms with Crippen LogP contribution in [0, 0.1) is 17.1 Å². The minimum Gasteiger partial charge on any atom is -0.494 e. The molecule has 0 saturated heterocycles. The van der Waals surface area contributed by atoms with Crippen LogP contribution in [0.2, 0.25) is 0 Å². The molecule has 2 rings (SSSR count). The molecule has 0 aliphatic heterocycles. The first-order valence-electron chi connectivity index (χ1n) is 6.12. The van der Waals surface area contributed by atoms with Crippen molar-refractivity contribution in [3.63, 3.8) is 0 Å². The maximum atomic E-state index is 13.7. The molecule has 7 nitrogen and oxygen atoms in total. The van der Waals surface area contributed by atoms with Crippen LogP contribution in [-0.4, -0.2) is 15.5 Å². The van der Waals surface area contributed by atoms with Gasteiger partial charge < -0.3 is 4.74 Å². The van der Waals surface area contributed by atoms with E-state index in [-0.39, 0.29) is 26.8 Å². The molecular formula is C14H9FN4O3S. The summed E-state index contributed by atoms with van der Waals surface area (Å²) in [4.78, 5) is 2.06. The van der Waals surface area contributed by atoms with Crippen molar-refractivity contribution in [1.82, 2.24) is 0 Å². The highest BCUT2D eigenvalue weighted by atomic mass is 32.2. The van der Waals surface area contributed by atoms with E-state index in [1.165, 1.54) is 31.4 Å². The molecule has 0 aliphatic rings. The number of halogens is 1. The lowest BCUT2D eigenvalue weighted by Crippen LogP contribution is -2.03. The van der Waals surface area contributed by atoms with E-state index in [1.807, 2.05) is 0 Å². The number of rotatable bonds is 4. The second kappa shape index (κ2) is 6.36. The largest absolute Gasteiger partial charge is 0.494 e. The molecule has 0 amide bonds. The fraction of sp³-hybridized carbons (Fsp3) is 0.0714. The van der Waals surface area contributed by atoms with E-state index in [4.69, 9.17) is 15.5 Å². The van der Waals surface area contributed by atoms with Crippen molar-refractivity contribution in [2.75, 3.05) is 7.11 Å². The molecule has 0 saturated carbocycles. The quantitative estimate of drug-likeness (QED) is 0.484. The van der Waals surface area contributed by atoms with Crippen LogP contribution in [0.25, 0.3) is 10.4 Å². The number of methoxy groups -OCH3 is 1. The Balaban J connectivity index is 2.58. The third kappa shape index (κ3) is 3.08. The molecule has 9 heteroatoms. The van der Waals surface area contributed by atoms with Gasteiger partial charge in [0.2, 0.25) is 9.84 Å². The lowest BCUT2D eigenvalue weighted by molar-refractivity contribution is 0.385. The third-order valence-corrected chi connectivity index (χ3v) is 4.73. The van der Waals surface area contributed by atoms with Crippen LogP contribution >= 0.6 is 0 Å². The summed E-state index contributed by atoms with van der Waals surface area (Å²) in [5, 5.41) is 12.3. The fourth-order valence-electron chi connectivity index (χ4n) is 1.86. The number of azide groups is 1. The average Bonchev–Trinajstić information content (AvgIpc) is 2.55. The van der Waals surface area contributed by atoms with Crippen molar-refractivity contribution in [1.29, 1.82) is 5.26 Å². The van der Waals surface area contributed by atoms with Crippen molar-refractivity contribution in [3.8, 4) is 11.8 Å². The number of hydrogen-bond acceptors (Lipinski definition) is 5. The smallest absolute Gasteiger partial charge is 0.206 e. The molecule has 0 atom stereocenters. The maximum Gasteiger partial charge on any atom is 0.206 e. The van der Waals surface area contributed by atoms with Gasteiger partial charge in [-0.3, -0.25) is 0 Å². The molecular weight excluding hydrogens is 323 g/mol. The molecule has 23 heavy (non-hydrogen) atoms. The molecule has 0 aliphatic carbocycles. The van der Waals surface area contributed by atoms with Crippen molar-refractivity contribution in [2.24, 2.45) is 5.11 Å². The zero-order valence-corrected chi connectivity index (χ0v) is 12.6. The first kappa shape index (κ1) is 16.3. The van der Waals surface area contributed by atoms with Gasteiger partial charge in [0.1, 0.15) is 0 Å². The number of sulfone groups is 1. The lowest BCUT2D eigenvalue weighted by Gasteiger charge is -2.08. The molecule has 2 aromatic carbocycles. The van der Waals surface area contributed by atoms with Crippen LogP contribution in [0.3, 0.4) is 0 Å². The summed E-state index contributed by atoms with van der Waals surface area (Å²) in [5.41, 5.74) is 8.31. The van der Waals surface area contributed by atoms with Gasteiger partial charge in [0.25, 0.3) is 0 Å². The molecule has 0 spiro atoms. The van der Waals surface area contributed by atoms with E-state index in [0.717, 1.165) is 12.1 Å². The van der Waals surface area contributed by atoms with Crippen LogP contribution in [0.5, 0.6) is 5.75 Å². The second-order valence-electron chi connectivity index (χ2n) is 4.28. The predicted octanol–water partition coefficient (Wildman–Crippen LogP) is 3.48. The molecule has 0 radical (unpaired) electrons. The third-order valence-electron chi connectivity index (χ3n) is 2.98. The van der Waals surface area contributed by atoms with Crippen LogP contribution in [0.4, 0.5) is 10.1 Å². The van der Waals surface area contributed by atoms with E-state index in [1.54, 1.807) is 6.07 Å². The van der Waals surface area contributed by atoms with E-state index >= 15 is 0 Å². The van der Waals surface area contributed by atoms with Crippen molar-refractivity contribution in [3.05, 3.63) is 58.2 Å². The SMILES string of the molecule is COc1ccc(S(=O)(=O)c2ccc(N=[N+]=[N-])c(C#N)c2)cc1F. The van der Waals surface area contributed by atoms with E-state index in [0.29, 0.717) is 0 Å². The molecule has 0 fully saturated rings. The van der Waals surface area contributed by atoms with Crippen molar-refractivity contribution in [2.45, 2.75) is 9.79 Å². The van der Waals surface area contributed by atoms with Gasteiger partial charge >= 0.3 is 0 Å². The van der Waals surface area contributed by atoms with Gasteiger partial charge in [0.15, 0.2) is 11.6 Å². The zero-order valence-electron chi connectivity index (χ0n) is 11.8. The van der Waals surface area contributed by atoms with Crippen LogP contribution in [-0.2, 0) is 9.84 Å². The molecule has 0 unspecified atom stereocenters. The fourth-order valence-corrected chi connectivity index (χ4v) is 3.16. The highest BCUT2D eigenvalue weighted by Crippen LogP contribution is 2.29. The average molecular weight is 332 g/mol. The van der Waals surface area contributed by atoms with Gasteiger partial charge in [-0.2, -0.15) is 5.26 Å². The van der Waals surface area contributed by atoms with Crippen molar-refractivity contribution >= 4 is 15.5 Å². The summed E-state index contributed by atoms with van der Waals surface area (Å²) < 4.78 is 43.5. The first-order valence-corrected chi connectivity index (χ1v) is 7.60. The number of hydrogen-bond donors (Lipinski definition) is 0. The normalized spacial score (nSPS) is 10.5. The van der Waals surface area contributed by atoms with Gasteiger partial charge in [-0.05, 0) is 35.9 Å². The standard InChI is InChI=1S/C14H9FN4O3S/c1-22-14-5-3-11(7-12(14)15)23(20,21)10-2-4-13(18-19-17)9(6-10)8-16/h2-7H,1H3. The van der Waals surface area contributed by atoms with Gasteiger partial charge in [0.05, 0.1) is 34.2 Å². The highest BCUT2D eigenvalue weighted by molar-refractivity contribution is 7.91. The van der Waals surface area contributed by atoms with Crippen LogP contribution in [0.15, 0.2) is 51.3 Å². The number of nitrogens with zero attached hydrogens (tertiary/aromatic N) is 4. The highest BCUT2D eigenvalue weighted by Gasteiger charge is 2.20. The monoisotopic (exact) mass is 332 g/mol. The Bertz CT molecular complexity index is 960. The van der Waals surface area contributed by atoms with Gasteiger partial charge in [-0.1, -0.05) is 11.2 Å². The topological polar surface area (TPSA) is 116 Å². The zero-order chi connectivity index (χ0) is 17.0. The molecule has 0 N–H and O–H groups in total. The van der Waals surface area contributed by atoms with Crippen molar-refractivity contribution < 1.29 is 17.5 Å². The minimum absolute atomic E-state index is 0.00913.